The highest BCUT2D eigenvalue weighted by atomic mass is 19.1. The van der Waals surface area contributed by atoms with Crippen LogP contribution in [0.25, 0.3) is 16.6 Å². The number of anilines is 1. The summed E-state index contributed by atoms with van der Waals surface area (Å²) in [7, 11) is 1.87. The predicted octanol–water partition coefficient (Wildman–Crippen LogP) is 4.24. The molecule has 2 N–H and O–H groups in total. The molecule has 0 radical (unpaired) electrons. The first-order chi connectivity index (χ1) is 16.0. The Hall–Kier alpha value is -3.33. The van der Waals surface area contributed by atoms with Gasteiger partial charge >= 0.3 is 5.97 Å². The van der Waals surface area contributed by atoms with Crippen molar-refractivity contribution in [3.05, 3.63) is 69.3 Å². The summed E-state index contributed by atoms with van der Waals surface area (Å²) < 4.78 is 45.0. The van der Waals surface area contributed by atoms with E-state index >= 15 is 4.39 Å². The van der Waals surface area contributed by atoms with E-state index in [4.69, 9.17) is 0 Å². The number of aromatic nitrogens is 1. The predicted molar refractivity (Wildman–Crippen MR) is 125 cm³/mol. The Kier molecular flexibility index (Phi) is 5.93. The third-order valence-electron chi connectivity index (χ3n) is 7.04. The Morgan fingerprint density at radius 2 is 1.88 bits per heavy atom. The van der Waals surface area contributed by atoms with E-state index in [9.17, 15) is 23.5 Å². The zero-order valence-electron chi connectivity index (χ0n) is 19.4. The van der Waals surface area contributed by atoms with Crippen LogP contribution in [-0.2, 0) is 0 Å². The Morgan fingerprint density at radius 1 is 1.18 bits per heavy atom. The number of hydrogen-bond acceptors (Lipinski definition) is 4. The lowest BCUT2D eigenvalue weighted by atomic mass is 9.87. The third-order valence-corrected chi connectivity index (χ3v) is 7.04. The van der Waals surface area contributed by atoms with Crippen molar-refractivity contribution in [2.45, 2.75) is 32.7 Å². The van der Waals surface area contributed by atoms with Gasteiger partial charge < -0.3 is 19.9 Å². The molecule has 1 saturated heterocycles. The Bertz CT molecular complexity index is 1370. The highest BCUT2D eigenvalue weighted by molar-refractivity contribution is 5.95. The molecular weight excluding hydrogens is 447 g/mol. The average molecular weight is 473 g/mol. The van der Waals surface area contributed by atoms with Gasteiger partial charge in [0.2, 0.25) is 5.43 Å². The van der Waals surface area contributed by atoms with Gasteiger partial charge in [-0.25, -0.2) is 18.0 Å². The maximum Gasteiger partial charge on any atom is 0.341 e. The van der Waals surface area contributed by atoms with Gasteiger partial charge in [-0.1, -0.05) is 0 Å². The Labute approximate surface area is 194 Å². The SMILES string of the molecule is CNC(C)(C)C1CCN(c2cc3c(c(C)c2F)c(=O)c(C(=O)O)cn3-c2ccc(F)cc2F)C1. The minimum absolute atomic E-state index is 0.0202. The summed E-state index contributed by atoms with van der Waals surface area (Å²) in [4.78, 5) is 26.6. The Morgan fingerprint density at radius 3 is 2.50 bits per heavy atom. The van der Waals surface area contributed by atoms with Gasteiger partial charge in [-0.2, -0.15) is 0 Å². The van der Waals surface area contributed by atoms with Crippen LogP contribution in [0, 0.1) is 30.3 Å². The van der Waals surface area contributed by atoms with Crippen molar-refractivity contribution >= 4 is 22.6 Å². The van der Waals surface area contributed by atoms with Crippen molar-refractivity contribution in [2.24, 2.45) is 5.92 Å². The molecule has 6 nitrogen and oxygen atoms in total. The van der Waals surface area contributed by atoms with Crippen LogP contribution in [0.15, 0.2) is 35.3 Å². The van der Waals surface area contributed by atoms with Crippen LogP contribution in [0.4, 0.5) is 18.9 Å². The number of hydrogen-bond donors (Lipinski definition) is 2. The molecule has 0 saturated carbocycles. The van der Waals surface area contributed by atoms with Gasteiger partial charge in [-0.3, -0.25) is 4.79 Å². The maximum atomic E-state index is 15.6. The highest BCUT2D eigenvalue weighted by Gasteiger charge is 2.35. The van der Waals surface area contributed by atoms with Crippen LogP contribution in [0.2, 0.25) is 0 Å². The summed E-state index contributed by atoms with van der Waals surface area (Å²) in [6.45, 7) is 6.71. The lowest BCUT2D eigenvalue weighted by Crippen LogP contribution is -2.45. The van der Waals surface area contributed by atoms with E-state index in [1.165, 1.54) is 17.6 Å². The minimum Gasteiger partial charge on any atom is -0.477 e. The van der Waals surface area contributed by atoms with E-state index in [0.29, 0.717) is 19.2 Å². The topological polar surface area (TPSA) is 74.6 Å². The van der Waals surface area contributed by atoms with Crippen LogP contribution in [0.5, 0.6) is 0 Å². The van der Waals surface area contributed by atoms with E-state index in [1.54, 1.807) is 0 Å². The maximum absolute atomic E-state index is 15.6. The second-order valence-electron chi connectivity index (χ2n) is 9.27. The molecule has 2 aromatic carbocycles. The van der Waals surface area contributed by atoms with Gasteiger partial charge in [0.15, 0.2) is 0 Å². The number of fused-ring (bicyclic) bond motifs is 1. The van der Waals surface area contributed by atoms with E-state index in [-0.39, 0.29) is 39.3 Å². The summed E-state index contributed by atoms with van der Waals surface area (Å²) in [6.07, 6.45) is 1.82. The quantitative estimate of drug-likeness (QED) is 0.580. The highest BCUT2D eigenvalue weighted by Crippen LogP contribution is 2.36. The fraction of sp³-hybridized carbons (Fsp3) is 0.360. The second-order valence-corrected chi connectivity index (χ2v) is 9.27. The Balaban J connectivity index is 1.99. The van der Waals surface area contributed by atoms with Gasteiger partial charge in [-0.15, -0.1) is 0 Å². The molecule has 1 aliphatic rings. The number of carbonyl (C=O) groups is 1. The molecule has 4 rings (SSSR count). The monoisotopic (exact) mass is 473 g/mol. The molecule has 1 fully saturated rings. The molecule has 2 heterocycles. The third kappa shape index (κ3) is 3.83. The van der Waals surface area contributed by atoms with Crippen LogP contribution in [-0.4, -0.2) is 41.3 Å². The molecule has 3 aromatic rings. The number of carboxylic acid groups (broad SMARTS) is 1. The number of rotatable bonds is 5. The number of aromatic carboxylic acids is 1. The molecule has 1 atom stereocenters. The molecule has 0 amide bonds. The van der Waals surface area contributed by atoms with Gasteiger partial charge in [-0.05, 0) is 58.4 Å². The fourth-order valence-electron chi connectivity index (χ4n) is 4.66. The van der Waals surface area contributed by atoms with E-state index < -0.39 is 34.4 Å². The summed E-state index contributed by atoms with van der Waals surface area (Å²) in [5, 5.41) is 12.7. The summed E-state index contributed by atoms with van der Waals surface area (Å²) in [6, 6.07) is 4.30. The molecule has 1 aliphatic heterocycles. The number of aryl methyl sites for hydroxylation is 1. The van der Waals surface area contributed by atoms with Crippen molar-refractivity contribution in [2.75, 3.05) is 25.0 Å². The summed E-state index contributed by atoms with van der Waals surface area (Å²) in [5.74, 6) is -3.66. The minimum atomic E-state index is -1.52. The molecule has 1 unspecified atom stereocenters. The molecular formula is C25H26F3N3O3. The molecule has 0 aliphatic carbocycles. The van der Waals surface area contributed by atoms with Crippen LogP contribution < -0.4 is 15.6 Å². The summed E-state index contributed by atoms with van der Waals surface area (Å²) in [5.41, 5.74) is -1.45. The number of nitrogens with one attached hydrogen (secondary N) is 1. The number of carboxylic acids is 1. The summed E-state index contributed by atoms with van der Waals surface area (Å²) >= 11 is 0. The molecule has 0 spiro atoms. The first-order valence-corrected chi connectivity index (χ1v) is 11.0. The van der Waals surface area contributed by atoms with E-state index in [0.717, 1.165) is 24.8 Å². The number of halogens is 3. The van der Waals surface area contributed by atoms with Crippen molar-refractivity contribution in [3.8, 4) is 5.69 Å². The van der Waals surface area contributed by atoms with Crippen molar-refractivity contribution in [1.82, 2.24) is 9.88 Å². The normalized spacial score (nSPS) is 16.4. The van der Waals surface area contributed by atoms with Crippen molar-refractivity contribution in [1.29, 1.82) is 0 Å². The number of nitrogens with zero attached hydrogens (tertiary/aromatic N) is 2. The molecule has 0 bridgehead atoms. The first kappa shape index (κ1) is 23.8. The van der Waals surface area contributed by atoms with Gasteiger partial charge in [0, 0.05) is 36.5 Å². The van der Waals surface area contributed by atoms with Crippen LogP contribution in [0.1, 0.15) is 36.2 Å². The lowest BCUT2D eigenvalue weighted by molar-refractivity contribution is 0.0695. The van der Waals surface area contributed by atoms with Gasteiger partial charge in [0.25, 0.3) is 0 Å². The van der Waals surface area contributed by atoms with Crippen LogP contribution >= 0.6 is 0 Å². The van der Waals surface area contributed by atoms with Gasteiger partial charge in [0.05, 0.1) is 22.3 Å². The standard InChI is InChI=1S/C25H26F3N3O3/c1-13-21-19(10-20(22(13)28)30-8-7-14(11-30)25(2,3)29-4)31(12-16(23(21)32)24(33)34)18-6-5-15(26)9-17(18)27/h5-6,9-10,12,14,29H,7-8,11H2,1-4H3,(H,33,34). The zero-order valence-corrected chi connectivity index (χ0v) is 19.4. The lowest BCUT2D eigenvalue weighted by Gasteiger charge is -2.31. The molecule has 1 aromatic heterocycles. The first-order valence-electron chi connectivity index (χ1n) is 11.0. The largest absolute Gasteiger partial charge is 0.477 e. The van der Waals surface area contributed by atoms with E-state index in [2.05, 4.69) is 19.2 Å². The smallest absolute Gasteiger partial charge is 0.341 e. The average Bonchev–Trinajstić information content (AvgIpc) is 3.27. The number of pyridine rings is 1. The molecule has 9 heteroatoms. The van der Waals surface area contributed by atoms with Crippen molar-refractivity contribution < 1.29 is 23.1 Å². The van der Waals surface area contributed by atoms with Crippen LogP contribution in [0.3, 0.4) is 0 Å². The zero-order chi connectivity index (χ0) is 24.9. The van der Waals surface area contributed by atoms with Crippen molar-refractivity contribution in [3.63, 3.8) is 0 Å². The van der Waals surface area contributed by atoms with Gasteiger partial charge in [0.1, 0.15) is 23.0 Å². The molecule has 34 heavy (non-hydrogen) atoms. The fourth-order valence-corrected chi connectivity index (χ4v) is 4.66. The number of benzene rings is 2. The second kappa shape index (κ2) is 8.47. The molecule has 180 valence electrons. The van der Waals surface area contributed by atoms with E-state index in [1.807, 2.05) is 11.9 Å².